The lowest BCUT2D eigenvalue weighted by Crippen LogP contribution is -2.14. The van der Waals surface area contributed by atoms with Gasteiger partial charge in [-0.15, -0.1) is 15.3 Å². The van der Waals surface area contributed by atoms with Crippen LogP contribution in [0.25, 0.3) is 5.65 Å². The van der Waals surface area contributed by atoms with Crippen molar-refractivity contribution in [3.63, 3.8) is 0 Å². The first-order valence-corrected chi connectivity index (χ1v) is 7.90. The van der Waals surface area contributed by atoms with E-state index in [0.717, 1.165) is 11.3 Å². The van der Waals surface area contributed by atoms with E-state index in [1.54, 1.807) is 4.52 Å². The van der Waals surface area contributed by atoms with Gasteiger partial charge in [-0.1, -0.05) is 12.1 Å². The molecule has 7 heteroatoms. The van der Waals surface area contributed by atoms with Gasteiger partial charge in [-0.3, -0.25) is 0 Å². The Morgan fingerprint density at radius 3 is 2.83 bits per heavy atom. The van der Waals surface area contributed by atoms with E-state index in [9.17, 15) is 5.11 Å². The van der Waals surface area contributed by atoms with Gasteiger partial charge in [-0.25, -0.2) is 0 Å². The number of anilines is 1. The number of aliphatic hydroxyl groups excluding tert-OH is 1. The highest BCUT2D eigenvalue weighted by Gasteiger charge is 2.10. The molecule has 0 aliphatic carbocycles. The number of fused-ring (bicyclic) bond motifs is 1. The summed E-state index contributed by atoms with van der Waals surface area (Å²) in [6.07, 6.45) is -0.571. The lowest BCUT2D eigenvalue weighted by atomic mass is 10.1. The van der Waals surface area contributed by atoms with Gasteiger partial charge < -0.3 is 15.2 Å². The Hall–Kier alpha value is -2.67. The van der Waals surface area contributed by atoms with Gasteiger partial charge in [-0.2, -0.15) is 4.52 Å². The van der Waals surface area contributed by atoms with Crippen LogP contribution < -0.4 is 10.1 Å². The highest BCUT2D eigenvalue weighted by molar-refractivity contribution is 5.44. The van der Waals surface area contributed by atoms with E-state index in [4.69, 9.17) is 4.74 Å². The van der Waals surface area contributed by atoms with Crippen LogP contribution in [-0.2, 0) is 0 Å². The molecule has 24 heavy (non-hydrogen) atoms. The number of hydrogen-bond donors (Lipinski definition) is 2. The molecule has 0 bridgehead atoms. The first-order chi connectivity index (χ1) is 11.5. The number of nitrogens with zero attached hydrogens (tertiary/aromatic N) is 4. The van der Waals surface area contributed by atoms with E-state index >= 15 is 0 Å². The summed E-state index contributed by atoms with van der Waals surface area (Å²) in [6.45, 7) is 6.12. The summed E-state index contributed by atoms with van der Waals surface area (Å²) >= 11 is 0. The number of aliphatic hydroxyl groups is 1. The normalized spacial score (nSPS) is 12.5. The number of benzene rings is 1. The molecule has 0 aliphatic heterocycles. The molecule has 2 heterocycles. The average molecular weight is 327 g/mol. The summed E-state index contributed by atoms with van der Waals surface area (Å²) in [5, 5.41) is 25.9. The van der Waals surface area contributed by atoms with Crippen molar-refractivity contribution in [2.75, 3.05) is 11.9 Å². The van der Waals surface area contributed by atoms with E-state index in [2.05, 4.69) is 20.6 Å². The zero-order chi connectivity index (χ0) is 17.1. The van der Waals surface area contributed by atoms with Gasteiger partial charge in [-0.05, 0) is 50.6 Å². The predicted molar refractivity (Wildman–Crippen MR) is 91.2 cm³/mol. The Bertz CT molecular complexity index is 831. The fourth-order valence-corrected chi connectivity index (χ4v) is 2.38. The van der Waals surface area contributed by atoms with Crippen LogP contribution in [-0.4, -0.2) is 37.6 Å². The summed E-state index contributed by atoms with van der Waals surface area (Å²) < 4.78 is 7.32. The Balaban J connectivity index is 1.67. The minimum Gasteiger partial charge on any atom is -0.491 e. The molecule has 0 fully saturated rings. The van der Waals surface area contributed by atoms with Gasteiger partial charge >= 0.3 is 0 Å². The minimum absolute atomic E-state index is 0.0958. The summed E-state index contributed by atoms with van der Waals surface area (Å²) in [6, 6.07) is 11.1. The van der Waals surface area contributed by atoms with Crippen molar-refractivity contribution >= 4 is 11.5 Å². The Kier molecular flexibility index (Phi) is 4.61. The zero-order valence-electron chi connectivity index (χ0n) is 14.0. The quantitative estimate of drug-likeness (QED) is 0.723. The van der Waals surface area contributed by atoms with E-state index in [-0.39, 0.29) is 6.10 Å². The first-order valence-electron chi connectivity index (χ1n) is 7.90. The smallest absolute Gasteiger partial charge is 0.178 e. The SMILES string of the molecule is Cc1nnc2ccc(NC[C@@H](O)c3cccc(OC(C)C)c3)nn12. The van der Waals surface area contributed by atoms with Crippen molar-refractivity contribution in [2.45, 2.75) is 33.0 Å². The molecule has 1 aromatic carbocycles. The van der Waals surface area contributed by atoms with Crippen LogP contribution in [0.15, 0.2) is 36.4 Å². The largest absolute Gasteiger partial charge is 0.491 e. The second kappa shape index (κ2) is 6.84. The summed E-state index contributed by atoms with van der Waals surface area (Å²) in [7, 11) is 0. The average Bonchev–Trinajstić information content (AvgIpc) is 2.93. The van der Waals surface area contributed by atoms with Crippen molar-refractivity contribution in [2.24, 2.45) is 0 Å². The van der Waals surface area contributed by atoms with Crippen LogP contribution in [0.5, 0.6) is 5.75 Å². The summed E-state index contributed by atoms with van der Waals surface area (Å²) in [4.78, 5) is 0. The molecule has 0 saturated heterocycles. The molecular formula is C17H21N5O2. The molecule has 126 valence electrons. The third-order valence-corrected chi connectivity index (χ3v) is 3.51. The molecule has 0 saturated carbocycles. The molecule has 0 amide bonds. The third kappa shape index (κ3) is 3.62. The van der Waals surface area contributed by atoms with Crippen molar-refractivity contribution in [3.05, 3.63) is 47.8 Å². The summed E-state index contributed by atoms with van der Waals surface area (Å²) in [5.74, 6) is 2.12. The molecule has 0 aliphatic rings. The van der Waals surface area contributed by atoms with Gasteiger partial charge in [0.05, 0.1) is 12.2 Å². The second-order valence-corrected chi connectivity index (χ2v) is 5.87. The molecule has 2 N–H and O–H groups in total. The van der Waals surface area contributed by atoms with Crippen molar-refractivity contribution < 1.29 is 9.84 Å². The number of aryl methyl sites for hydroxylation is 1. The second-order valence-electron chi connectivity index (χ2n) is 5.87. The molecular weight excluding hydrogens is 306 g/mol. The van der Waals surface area contributed by atoms with Crippen LogP contribution in [0.1, 0.15) is 31.3 Å². The molecule has 0 unspecified atom stereocenters. The number of aromatic nitrogens is 4. The molecule has 1 atom stereocenters. The van der Waals surface area contributed by atoms with Crippen molar-refractivity contribution in [1.82, 2.24) is 19.8 Å². The molecule has 3 aromatic rings. The van der Waals surface area contributed by atoms with Crippen LogP contribution in [0.4, 0.5) is 5.82 Å². The van der Waals surface area contributed by atoms with E-state index < -0.39 is 6.10 Å². The highest BCUT2D eigenvalue weighted by Crippen LogP contribution is 2.20. The maximum atomic E-state index is 10.4. The summed E-state index contributed by atoms with van der Waals surface area (Å²) in [5.41, 5.74) is 1.49. The van der Waals surface area contributed by atoms with Gasteiger partial charge in [0.2, 0.25) is 0 Å². The fraction of sp³-hybridized carbons (Fsp3) is 0.353. The molecule has 7 nitrogen and oxygen atoms in total. The lowest BCUT2D eigenvalue weighted by Gasteiger charge is -2.15. The molecule has 3 rings (SSSR count). The van der Waals surface area contributed by atoms with E-state index in [1.165, 1.54) is 0 Å². The van der Waals surface area contributed by atoms with E-state index in [1.807, 2.05) is 57.2 Å². The standard InChI is InChI=1S/C17H21N5O2/c1-11(2)24-14-6-4-5-13(9-14)15(23)10-18-16-7-8-17-20-19-12(3)22(17)21-16/h4-9,11,15,23H,10H2,1-3H3,(H,18,21)/t15-/m1/s1. The maximum Gasteiger partial charge on any atom is 0.178 e. The van der Waals surface area contributed by atoms with E-state index in [0.29, 0.717) is 23.8 Å². The van der Waals surface area contributed by atoms with Gasteiger partial charge in [0.15, 0.2) is 11.5 Å². The van der Waals surface area contributed by atoms with Crippen LogP contribution >= 0.6 is 0 Å². The van der Waals surface area contributed by atoms with Crippen molar-refractivity contribution in [1.29, 1.82) is 0 Å². The van der Waals surface area contributed by atoms with Gasteiger partial charge in [0.25, 0.3) is 0 Å². The predicted octanol–water partition coefficient (Wildman–Crippen LogP) is 2.37. The van der Waals surface area contributed by atoms with Crippen LogP contribution in [0, 0.1) is 6.92 Å². The lowest BCUT2D eigenvalue weighted by molar-refractivity contribution is 0.189. The molecule has 0 spiro atoms. The third-order valence-electron chi connectivity index (χ3n) is 3.51. The topological polar surface area (TPSA) is 84.6 Å². The monoisotopic (exact) mass is 327 g/mol. The van der Waals surface area contributed by atoms with Gasteiger partial charge in [0, 0.05) is 6.54 Å². The number of hydrogen-bond acceptors (Lipinski definition) is 6. The minimum atomic E-state index is -0.666. The maximum absolute atomic E-state index is 10.4. The fourth-order valence-electron chi connectivity index (χ4n) is 2.38. The Labute approximate surface area is 140 Å². The first kappa shape index (κ1) is 16.2. The molecule has 2 aromatic heterocycles. The van der Waals surface area contributed by atoms with Gasteiger partial charge in [0.1, 0.15) is 11.6 Å². The van der Waals surface area contributed by atoms with Crippen molar-refractivity contribution in [3.8, 4) is 5.75 Å². The van der Waals surface area contributed by atoms with Crippen LogP contribution in [0.3, 0.4) is 0 Å². The Morgan fingerprint density at radius 2 is 2.04 bits per heavy atom. The number of nitrogens with one attached hydrogen (secondary N) is 1. The number of ether oxygens (including phenoxy) is 1. The molecule has 0 radical (unpaired) electrons. The highest BCUT2D eigenvalue weighted by atomic mass is 16.5. The zero-order valence-corrected chi connectivity index (χ0v) is 14.0. The Morgan fingerprint density at radius 1 is 1.21 bits per heavy atom. The van der Waals surface area contributed by atoms with Crippen LogP contribution in [0.2, 0.25) is 0 Å². The number of rotatable bonds is 6.